The van der Waals surface area contributed by atoms with Crippen LogP contribution in [0.2, 0.25) is 0 Å². The van der Waals surface area contributed by atoms with Crippen LogP contribution in [-0.4, -0.2) is 70.7 Å². The van der Waals surface area contributed by atoms with Crippen molar-refractivity contribution in [2.45, 2.75) is 75.9 Å². The number of aryl methyl sites for hydroxylation is 2. The van der Waals surface area contributed by atoms with Gasteiger partial charge in [0.15, 0.2) is 0 Å². The number of carbonyl (C=O) groups is 1. The Morgan fingerprint density at radius 1 is 1.14 bits per heavy atom. The van der Waals surface area contributed by atoms with Crippen LogP contribution in [0.25, 0.3) is 0 Å². The lowest BCUT2D eigenvalue weighted by Gasteiger charge is -2.57. The molecule has 2 aliphatic heterocycles. The number of amides is 1. The molecule has 6 heteroatoms. The average molecular weight is 492 g/mol. The Kier molecular flexibility index (Phi) is 7.10. The molecule has 3 unspecified atom stereocenters. The van der Waals surface area contributed by atoms with Gasteiger partial charge in [0.2, 0.25) is 5.91 Å². The number of pyridine rings is 1. The van der Waals surface area contributed by atoms with Gasteiger partial charge in [-0.1, -0.05) is 12.1 Å². The van der Waals surface area contributed by atoms with E-state index >= 15 is 0 Å². The summed E-state index contributed by atoms with van der Waals surface area (Å²) in [4.78, 5) is 22.2. The summed E-state index contributed by atoms with van der Waals surface area (Å²) >= 11 is 0. The summed E-state index contributed by atoms with van der Waals surface area (Å²) in [5.74, 6) is 1.76. The lowest BCUT2D eigenvalue weighted by Crippen LogP contribution is -2.68. The Bertz CT molecular complexity index is 1070. The Labute approximate surface area is 215 Å². The molecule has 1 aromatic heterocycles. The van der Waals surface area contributed by atoms with Gasteiger partial charge in [-0.15, -0.1) is 0 Å². The van der Waals surface area contributed by atoms with E-state index in [0.717, 1.165) is 43.3 Å². The standard InChI is InChI=1S/C30H41N3O3/c1-22-7-11-26(36-3)20-27(22)29-13-17-32(28(34)12-10-25-6-4-5-16-31-25)19-15-30(29,35)23(2)33(18-14-29)21-24-8-9-24/h4-7,11,16,20,23-24,35H,8-10,12-15,17-19,21H2,1-3H3. The molecule has 1 aromatic carbocycles. The van der Waals surface area contributed by atoms with E-state index in [1.807, 2.05) is 29.2 Å². The molecule has 0 radical (unpaired) electrons. The van der Waals surface area contributed by atoms with Gasteiger partial charge in [0, 0.05) is 49.4 Å². The number of aliphatic hydroxyl groups is 1. The minimum absolute atomic E-state index is 0.0287. The van der Waals surface area contributed by atoms with E-state index in [9.17, 15) is 9.90 Å². The van der Waals surface area contributed by atoms with Gasteiger partial charge in [-0.25, -0.2) is 0 Å². The van der Waals surface area contributed by atoms with E-state index in [4.69, 9.17) is 4.74 Å². The van der Waals surface area contributed by atoms with Crippen LogP contribution in [0.1, 0.15) is 62.3 Å². The van der Waals surface area contributed by atoms with Gasteiger partial charge in [-0.3, -0.25) is 14.7 Å². The maximum Gasteiger partial charge on any atom is 0.222 e. The maximum atomic E-state index is 13.3. The molecule has 1 amide bonds. The Morgan fingerprint density at radius 2 is 1.92 bits per heavy atom. The summed E-state index contributed by atoms with van der Waals surface area (Å²) in [7, 11) is 1.70. The van der Waals surface area contributed by atoms with Gasteiger partial charge in [-0.05, 0) is 100 Å². The van der Waals surface area contributed by atoms with Crippen LogP contribution in [0, 0.1) is 12.8 Å². The van der Waals surface area contributed by atoms with Crippen molar-refractivity contribution in [2.24, 2.45) is 5.92 Å². The normalized spacial score (nSPS) is 28.9. The average Bonchev–Trinajstić information content (AvgIpc) is 3.73. The van der Waals surface area contributed by atoms with Gasteiger partial charge in [-0.2, -0.15) is 0 Å². The first-order chi connectivity index (χ1) is 17.4. The molecule has 2 saturated heterocycles. The predicted molar refractivity (Wildman–Crippen MR) is 141 cm³/mol. The van der Waals surface area contributed by atoms with E-state index in [-0.39, 0.29) is 11.9 Å². The van der Waals surface area contributed by atoms with Crippen LogP contribution in [0.4, 0.5) is 0 Å². The van der Waals surface area contributed by atoms with E-state index in [2.05, 4.69) is 35.9 Å². The van der Waals surface area contributed by atoms with Crippen LogP contribution in [0.3, 0.4) is 0 Å². The summed E-state index contributed by atoms with van der Waals surface area (Å²) in [6, 6.07) is 12.1. The Hall–Kier alpha value is -2.44. The molecule has 3 aliphatic rings. The second kappa shape index (κ2) is 10.1. The summed E-state index contributed by atoms with van der Waals surface area (Å²) in [5, 5.41) is 12.7. The second-order valence-corrected chi connectivity index (χ2v) is 11.3. The largest absolute Gasteiger partial charge is 0.497 e. The quantitative estimate of drug-likeness (QED) is 0.631. The van der Waals surface area contributed by atoms with Crippen LogP contribution in [0.5, 0.6) is 5.75 Å². The van der Waals surface area contributed by atoms with Crippen molar-refractivity contribution in [3.05, 3.63) is 59.4 Å². The molecular formula is C30H41N3O3. The highest BCUT2D eigenvalue weighted by molar-refractivity contribution is 5.76. The summed E-state index contributed by atoms with van der Waals surface area (Å²) in [5.41, 5.74) is 1.98. The van der Waals surface area contributed by atoms with E-state index in [1.165, 1.54) is 24.0 Å². The number of hydrogen-bond donors (Lipinski definition) is 1. The monoisotopic (exact) mass is 491 g/mol. The Balaban J connectivity index is 1.44. The molecule has 36 heavy (non-hydrogen) atoms. The highest BCUT2D eigenvalue weighted by Gasteiger charge is 2.59. The van der Waals surface area contributed by atoms with E-state index in [0.29, 0.717) is 32.4 Å². The number of piperidine rings is 1. The lowest BCUT2D eigenvalue weighted by molar-refractivity contribution is -0.137. The van der Waals surface area contributed by atoms with Crippen molar-refractivity contribution in [3.8, 4) is 5.75 Å². The first kappa shape index (κ1) is 25.2. The van der Waals surface area contributed by atoms with Crippen molar-refractivity contribution in [3.63, 3.8) is 0 Å². The molecule has 3 fully saturated rings. The van der Waals surface area contributed by atoms with Crippen LogP contribution in [0.15, 0.2) is 42.6 Å². The van der Waals surface area contributed by atoms with Crippen molar-refractivity contribution in [1.82, 2.24) is 14.8 Å². The van der Waals surface area contributed by atoms with Crippen LogP contribution >= 0.6 is 0 Å². The van der Waals surface area contributed by atoms with Crippen molar-refractivity contribution in [2.75, 3.05) is 33.3 Å². The zero-order valence-corrected chi connectivity index (χ0v) is 22.1. The smallest absolute Gasteiger partial charge is 0.222 e. The SMILES string of the molecule is COc1ccc(C)c(C23CCN(C(=O)CCc4ccccn4)CCC2(O)C(C)N(CC2CC2)CC3)c1. The molecule has 1 N–H and O–H groups in total. The van der Waals surface area contributed by atoms with Crippen molar-refractivity contribution < 1.29 is 14.6 Å². The molecule has 0 bridgehead atoms. The van der Waals surface area contributed by atoms with Crippen molar-refractivity contribution in [1.29, 1.82) is 0 Å². The first-order valence-corrected chi connectivity index (χ1v) is 13.7. The number of benzene rings is 1. The fourth-order valence-corrected chi connectivity index (χ4v) is 6.80. The fourth-order valence-electron chi connectivity index (χ4n) is 6.80. The zero-order chi connectivity index (χ0) is 25.3. The number of rotatable bonds is 7. The highest BCUT2D eigenvalue weighted by Crippen LogP contribution is 2.53. The number of fused-ring (bicyclic) bond motifs is 1. The first-order valence-electron chi connectivity index (χ1n) is 13.7. The summed E-state index contributed by atoms with van der Waals surface area (Å²) < 4.78 is 5.62. The molecule has 3 atom stereocenters. The molecule has 1 saturated carbocycles. The number of methoxy groups -OCH3 is 1. The minimum atomic E-state index is -0.923. The van der Waals surface area contributed by atoms with E-state index in [1.54, 1.807) is 13.3 Å². The highest BCUT2D eigenvalue weighted by atomic mass is 16.5. The Morgan fingerprint density at radius 3 is 2.64 bits per heavy atom. The molecule has 6 nitrogen and oxygen atoms in total. The summed E-state index contributed by atoms with van der Waals surface area (Å²) in [6.07, 6.45) is 7.72. The maximum absolute atomic E-state index is 13.3. The third-order valence-corrected chi connectivity index (χ3v) is 9.29. The van der Waals surface area contributed by atoms with Gasteiger partial charge in [0.25, 0.3) is 0 Å². The molecule has 5 rings (SSSR count). The fraction of sp³-hybridized carbons (Fsp3) is 0.600. The number of hydrogen-bond acceptors (Lipinski definition) is 5. The third-order valence-electron chi connectivity index (χ3n) is 9.29. The molecule has 3 heterocycles. The van der Waals surface area contributed by atoms with Crippen molar-refractivity contribution >= 4 is 5.91 Å². The number of carbonyl (C=O) groups excluding carboxylic acids is 1. The molecule has 1 aliphatic carbocycles. The predicted octanol–water partition coefficient (Wildman–Crippen LogP) is 4.13. The number of ether oxygens (including phenoxy) is 1. The minimum Gasteiger partial charge on any atom is -0.497 e. The molecular weight excluding hydrogens is 450 g/mol. The van der Waals surface area contributed by atoms with Gasteiger partial charge < -0.3 is 14.7 Å². The lowest BCUT2D eigenvalue weighted by atomic mass is 9.57. The van der Waals surface area contributed by atoms with Crippen LogP contribution < -0.4 is 4.74 Å². The van der Waals surface area contributed by atoms with Gasteiger partial charge >= 0.3 is 0 Å². The van der Waals surface area contributed by atoms with Crippen LogP contribution in [-0.2, 0) is 16.6 Å². The third kappa shape index (κ3) is 4.66. The van der Waals surface area contributed by atoms with E-state index < -0.39 is 11.0 Å². The summed E-state index contributed by atoms with van der Waals surface area (Å²) in [6.45, 7) is 7.66. The number of nitrogens with zero attached hydrogens (tertiary/aromatic N) is 3. The van der Waals surface area contributed by atoms with Gasteiger partial charge in [0.1, 0.15) is 5.75 Å². The molecule has 0 spiro atoms. The zero-order valence-electron chi connectivity index (χ0n) is 22.1. The second-order valence-electron chi connectivity index (χ2n) is 11.3. The topological polar surface area (TPSA) is 65.9 Å². The number of aromatic nitrogens is 1. The number of likely N-dealkylation sites (tertiary alicyclic amines) is 2. The van der Waals surface area contributed by atoms with Gasteiger partial charge in [0.05, 0.1) is 12.7 Å². The molecule has 194 valence electrons. The molecule has 2 aromatic rings.